The Kier molecular flexibility index (Phi) is 3.50. The molecule has 2 fully saturated rings. The SMILES string of the molecule is CC(C)(CC(=O)O)CN1C[C@@H]2CCCCN2C1=O. The summed E-state index contributed by atoms with van der Waals surface area (Å²) in [4.78, 5) is 26.8. The molecule has 0 aliphatic carbocycles. The highest BCUT2D eigenvalue weighted by Gasteiger charge is 2.40. The van der Waals surface area contributed by atoms with E-state index in [-0.39, 0.29) is 17.9 Å². The van der Waals surface area contributed by atoms with Gasteiger partial charge >= 0.3 is 12.0 Å². The van der Waals surface area contributed by atoms with Gasteiger partial charge in [0.1, 0.15) is 0 Å². The first-order chi connectivity index (χ1) is 8.39. The Balaban J connectivity index is 1.98. The number of nitrogens with zero attached hydrogens (tertiary/aromatic N) is 2. The van der Waals surface area contributed by atoms with Crippen LogP contribution in [0.2, 0.25) is 0 Å². The van der Waals surface area contributed by atoms with E-state index in [0.29, 0.717) is 12.6 Å². The number of piperidine rings is 1. The van der Waals surface area contributed by atoms with Crippen LogP contribution in [-0.4, -0.2) is 52.6 Å². The highest BCUT2D eigenvalue weighted by molar-refractivity contribution is 5.77. The Bertz CT molecular complexity index is 354. The second kappa shape index (κ2) is 4.78. The molecule has 18 heavy (non-hydrogen) atoms. The van der Waals surface area contributed by atoms with Crippen LogP contribution >= 0.6 is 0 Å². The summed E-state index contributed by atoms with van der Waals surface area (Å²) >= 11 is 0. The van der Waals surface area contributed by atoms with Crippen molar-refractivity contribution in [1.82, 2.24) is 9.80 Å². The van der Waals surface area contributed by atoms with E-state index in [1.54, 1.807) is 0 Å². The zero-order valence-corrected chi connectivity index (χ0v) is 11.2. The molecular formula is C13H22N2O3. The number of fused-ring (bicyclic) bond motifs is 1. The van der Waals surface area contributed by atoms with Gasteiger partial charge in [-0.05, 0) is 24.7 Å². The van der Waals surface area contributed by atoms with Crippen LogP contribution < -0.4 is 0 Å². The molecule has 2 heterocycles. The van der Waals surface area contributed by atoms with E-state index in [4.69, 9.17) is 5.11 Å². The minimum atomic E-state index is -0.802. The zero-order chi connectivity index (χ0) is 13.3. The quantitative estimate of drug-likeness (QED) is 0.831. The van der Waals surface area contributed by atoms with Crippen molar-refractivity contribution in [2.75, 3.05) is 19.6 Å². The largest absolute Gasteiger partial charge is 0.481 e. The van der Waals surface area contributed by atoms with Crippen molar-refractivity contribution >= 4 is 12.0 Å². The Labute approximate surface area is 108 Å². The molecule has 2 saturated heterocycles. The van der Waals surface area contributed by atoms with Crippen molar-refractivity contribution in [2.24, 2.45) is 5.41 Å². The van der Waals surface area contributed by atoms with Crippen LogP contribution in [0.3, 0.4) is 0 Å². The summed E-state index contributed by atoms with van der Waals surface area (Å²) < 4.78 is 0. The summed E-state index contributed by atoms with van der Waals surface area (Å²) in [7, 11) is 0. The Morgan fingerprint density at radius 1 is 1.44 bits per heavy atom. The molecule has 0 saturated carbocycles. The molecule has 5 heteroatoms. The first kappa shape index (κ1) is 13.2. The van der Waals surface area contributed by atoms with E-state index < -0.39 is 5.97 Å². The van der Waals surface area contributed by atoms with Crippen LogP contribution in [0, 0.1) is 5.41 Å². The average Bonchev–Trinajstić information content (AvgIpc) is 2.54. The fourth-order valence-corrected chi connectivity index (χ4v) is 3.07. The van der Waals surface area contributed by atoms with Crippen molar-refractivity contribution in [3.05, 3.63) is 0 Å². The van der Waals surface area contributed by atoms with Gasteiger partial charge < -0.3 is 14.9 Å². The summed E-state index contributed by atoms with van der Waals surface area (Å²) in [5.74, 6) is -0.802. The molecule has 0 unspecified atom stereocenters. The van der Waals surface area contributed by atoms with E-state index in [1.807, 2.05) is 23.6 Å². The number of hydrogen-bond donors (Lipinski definition) is 1. The molecule has 2 aliphatic rings. The number of carbonyl (C=O) groups excluding carboxylic acids is 1. The molecule has 0 spiro atoms. The summed E-state index contributed by atoms with van der Waals surface area (Å²) in [6, 6.07) is 0.449. The predicted molar refractivity (Wildman–Crippen MR) is 67.3 cm³/mol. The molecular weight excluding hydrogens is 232 g/mol. The standard InChI is InChI=1S/C13H22N2O3/c1-13(2,7-11(16)17)9-14-8-10-5-3-4-6-15(10)12(14)18/h10H,3-9H2,1-2H3,(H,16,17)/t10-/m0/s1. The molecule has 1 atom stereocenters. The third-order valence-electron chi connectivity index (χ3n) is 3.82. The molecule has 0 aromatic rings. The van der Waals surface area contributed by atoms with E-state index in [1.165, 1.54) is 6.42 Å². The van der Waals surface area contributed by atoms with E-state index in [2.05, 4.69) is 0 Å². The lowest BCUT2D eigenvalue weighted by Crippen LogP contribution is -2.40. The number of hydrogen-bond acceptors (Lipinski definition) is 2. The Morgan fingerprint density at radius 3 is 2.78 bits per heavy atom. The van der Waals surface area contributed by atoms with E-state index in [0.717, 1.165) is 25.9 Å². The van der Waals surface area contributed by atoms with Crippen molar-refractivity contribution in [3.8, 4) is 0 Å². The van der Waals surface area contributed by atoms with Crippen molar-refractivity contribution in [2.45, 2.75) is 45.6 Å². The van der Waals surface area contributed by atoms with Gasteiger partial charge in [0, 0.05) is 19.6 Å². The third kappa shape index (κ3) is 2.76. The number of carboxylic acids is 1. The highest BCUT2D eigenvalue weighted by atomic mass is 16.4. The molecule has 1 N–H and O–H groups in total. The molecule has 102 valence electrons. The van der Waals surface area contributed by atoms with Crippen LogP contribution in [0.5, 0.6) is 0 Å². The molecule has 0 aromatic carbocycles. The summed E-state index contributed by atoms with van der Waals surface area (Å²) in [6.45, 7) is 5.98. The van der Waals surface area contributed by atoms with Crippen LogP contribution in [-0.2, 0) is 4.79 Å². The summed E-state index contributed by atoms with van der Waals surface area (Å²) in [5, 5.41) is 8.88. The maximum absolute atomic E-state index is 12.2. The summed E-state index contributed by atoms with van der Waals surface area (Å²) in [6.07, 6.45) is 3.47. The smallest absolute Gasteiger partial charge is 0.320 e. The van der Waals surface area contributed by atoms with Gasteiger partial charge in [-0.2, -0.15) is 0 Å². The highest BCUT2D eigenvalue weighted by Crippen LogP contribution is 2.29. The Hall–Kier alpha value is -1.26. The summed E-state index contributed by atoms with van der Waals surface area (Å²) in [5.41, 5.74) is -0.365. The number of amides is 2. The van der Waals surface area contributed by atoms with Crippen molar-refractivity contribution < 1.29 is 14.7 Å². The van der Waals surface area contributed by atoms with Crippen LogP contribution in [0.15, 0.2) is 0 Å². The lowest BCUT2D eigenvalue weighted by atomic mass is 9.89. The fraction of sp³-hybridized carbons (Fsp3) is 0.846. The van der Waals surface area contributed by atoms with Crippen molar-refractivity contribution in [3.63, 3.8) is 0 Å². The minimum absolute atomic E-state index is 0.0955. The number of urea groups is 1. The van der Waals surface area contributed by atoms with Gasteiger partial charge in [-0.1, -0.05) is 13.8 Å². The molecule has 2 rings (SSSR count). The topological polar surface area (TPSA) is 60.9 Å². The van der Waals surface area contributed by atoms with Gasteiger partial charge in [0.2, 0.25) is 0 Å². The first-order valence-corrected chi connectivity index (χ1v) is 6.66. The normalized spacial score (nSPS) is 24.3. The number of aliphatic carboxylic acids is 1. The predicted octanol–water partition coefficient (Wildman–Crippen LogP) is 1.78. The average molecular weight is 254 g/mol. The number of rotatable bonds is 4. The lowest BCUT2D eigenvalue weighted by molar-refractivity contribution is -0.139. The van der Waals surface area contributed by atoms with Gasteiger partial charge in [0.15, 0.2) is 0 Å². The monoisotopic (exact) mass is 254 g/mol. The molecule has 2 amide bonds. The third-order valence-corrected chi connectivity index (χ3v) is 3.82. The van der Waals surface area contributed by atoms with Crippen LogP contribution in [0.25, 0.3) is 0 Å². The Morgan fingerprint density at radius 2 is 2.17 bits per heavy atom. The molecule has 2 aliphatic heterocycles. The van der Waals surface area contributed by atoms with Gasteiger partial charge in [0.05, 0.1) is 12.5 Å². The maximum Gasteiger partial charge on any atom is 0.320 e. The second-order valence-electron chi connectivity index (χ2n) is 6.24. The van der Waals surface area contributed by atoms with Crippen LogP contribution in [0.4, 0.5) is 4.79 Å². The van der Waals surface area contributed by atoms with Gasteiger partial charge in [0.25, 0.3) is 0 Å². The van der Waals surface area contributed by atoms with E-state index >= 15 is 0 Å². The maximum atomic E-state index is 12.2. The minimum Gasteiger partial charge on any atom is -0.481 e. The second-order valence-corrected chi connectivity index (χ2v) is 6.24. The number of carbonyl (C=O) groups is 2. The zero-order valence-electron chi connectivity index (χ0n) is 11.2. The molecule has 0 bridgehead atoms. The lowest BCUT2D eigenvalue weighted by Gasteiger charge is -2.29. The molecule has 5 nitrogen and oxygen atoms in total. The fourth-order valence-electron chi connectivity index (χ4n) is 3.07. The first-order valence-electron chi connectivity index (χ1n) is 6.66. The van der Waals surface area contributed by atoms with E-state index in [9.17, 15) is 9.59 Å². The van der Waals surface area contributed by atoms with Crippen molar-refractivity contribution in [1.29, 1.82) is 0 Å². The van der Waals surface area contributed by atoms with Gasteiger partial charge in [-0.25, -0.2) is 4.79 Å². The van der Waals surface area contributed by atoms with Gasteiger partial charge in [-0.15, -0.1) is 0 Å². The van der Waals surface area contributed by atoms with Crippen LogP contribution in [0.1, 0.15) is 39.5 Å². The molecule has 0 radical (unpaired) electrons. The van der Waals surface area contributed by atoms with Gasteiger partial charge in [-0.3, -0.25) is 4.79 Å². The number of carboxylic acid groups (broad SMARTS) is 1. The molecule has 0 aromatic heterocycles.